The van der Waals surface area contributed by atoms with E-state index >= 15 is 0 Å². The van der Waals surface area contributed by atoms with Gasteiger partial charge in [0, 0.05) is 19.4 Å². The predicted molar refractivity (Wildman–Crippen MR) is 82.9 cm³/mol. The third-order valence-electron chi connectivity index (χ3n) is 3.03. The van der Waals surface area contributed by atoms with E-state index in [1.165, 1.54) is 6.20 Å². The van der Waals surface area contributed by atoms with Crippen molar-refractivity contribution in [2.24, 2.45) is 0 Å². The van der Waals surface area contributed by atoms with E-state index in [0.717, 1.165) is 11.3 Å². The van der Waals surface area contributed by atoms with Gasteiger partial charge < -0.3 is 9.64 Å². The number of likely N-dealkylation sites (N-methyl/N-ethyl adjacent to an activating group) is 1. The van der Waals surface area contributed by atoms with Crippen LogP contribution in [0.15, 0.2) is 42.7 Å². The summed E-state index contributed by atoms with van der Waals surface area (Å²) < 4.78 is 5.63. The highest BCUT2D eigenvalue weighted by Gasteiger charge is 2.14. The summed E-state index contributed by atoms with van der Waals surface area (Å²) in [6.45, 7) is 2.91. The molecule has 5 heteroatoms. The Labute approximate surface area is 129 Å². The zero-order chi connectivity index (χ0) is 15.2. The first-order valence-electron chi connectivity index (χ1n) is 6.62. The van der Waals surface area contributed by atoms with E-state index in [2.05, 4.69) is 4.98 Å². The first kappa shape index (κ1) is 15.3. The molecule has 110 valence electrons. The summed E-state index contributed by atoms with van der Waals surface area (Å²) in [7, 11) is 1.72. The van der Waals surface area contributed by atoms with Crippen molar-refractivity contribution in [2.75, 3.05) is 20.2 Å². The smallest absolute Gasteiger partial charge is 0.255 e. The normalized spacial score (nSPS) is 10.2. The van der Waals surface area contributed by atoms with Crippen molar-refractivity contribution in [3.63, 3.8) is 0 Å². The van der Waals surface area contributed by atoms with Crippen molar-refractivity contribution in [3.05, 3.63) is 58.9 Å². The zero-order valence-corrected chi connectivity index (χ0v) is 12.8. The Kier molecular flexibility index (Phi) is 5.17. The van der Waals surface area contributed by atoms with Crippen LogP contribution in [0.1, 0.15) is 15.9 Å². The van der Waals surface area contributed by atoms with E-state index in [-0.39, 0.29) is 5.91 Å². The van der Waals surface area contributed by atoms with E-state index in [4.69, 9.17) is 16.3 Å². The van der Waals surface area contributed by atoms with Crippen molar-refractivity contribution in [2.45, 2.75) is 6.92 Å². The highest BCUT2D eigenvalue weighted by molar-refractivity contribution is 6.33. The van der Waals surface area contributed by atoms with Crippen LogP contribution in [0.25, 0.3) is 0 Å². The molecule has 0 saturated carbocycles. The van der Waals surface area contributed by atoms with Gasteiger partial charge in [-0.25, -0.2) is 0 Å². The molecule has 0 atom stereocenters. The first-order valence-corrected chi connectivity index (χ1v) is 7.00. The Hall–Kier alpha value is -2.07. The largest absolute Gasteiger partial charge is 0.492 e. The molecule has 0 unspecified atom stereocenters. The average Bonchev–Trinajstić information content (AvgIpc) is 2.47. The van der Waals surface area contributed by atoms with Crippen molar-refractivity contribution in [3.8, 4) is 5.75 Å². The lowest BCUT2D eigenvalue weighted by Gasteiger charge is -2.18. The van der Waals surface area contributed by atoms with Crippen molar-refractivity contribution >= 4 is 17.5 Å². The van der Waals surface area contributed by atoms with E-state index in [9.17, 15) is 4.79 Å². The van der Waals surface area contributed by atoms with Crippen LogP contribution in [0.4, 0.5) is 0 Å². The Morgan fingerprint density at radius 3 is 2.90 bits per heavy atom. The quantitative estimate of drug-likeness (QED) is 0.852. The molecule has 0 saturated heterocycles. The third-order valence-corrected chi connectivity index (χ3v) is 3.34. The van der Waals surface area contributed by atoms with Crippen LogP contribution in [-0.4, -0.2) is 36.0 Å². The molecule has 0 aliphatic carbocycles. The molecule has 0 fully saturated rings. The fourth-order valence-corrected chi connectivity index (χ4v) is 2.06. The molecule has 2 rings (SSSR count). The lowest BCUT2D eigenvalue weighted by Crippen LogP contribution is -2.31. The van der Waals surface area contributed by atoms with Crippen molar-refractivity contribution < 1.29 is 9.53 Å². The number of ether oxygens (including phenoxy) is 1. The van der Waals surface area contributed by atoms with Gasteiger partial charge in [0.25, 0.3) is 5.91 Å². The number of rotatable bonds is 5. The van der Waals surface area contributed by atoms with Crippen molar-refractivity contribution in [1.82, 2.24) is 9.88 Å². The Bertz CT molecular complexity index is 631. The summed E-state index contributed by atoms with van der Waals surface area (Å²) in [5.41, 5.74) is 1.59. The molecule has 0 spiro atoms. The summed E-state index contributed by atoms with van der Waals surface area (Å²) in [5.74, 6) is 0.660. The monoisotopic (exact) mass is 304 g/mol. The summed E-state index contributed by atoms with van der Waals surface area (Å²) >= 11 is 5.97. The van der Waals surface area contributed by atoms with Gasteiger partial charge in [-0.3, -0.25) is 9.78 Å². The van der Waals surface area contributed by atoms with Crippen LogP contribution >= 0.6 is 11.6 Å². The second-order valence-electron chi connectivity index (χ2n) is 4.75. The second kappa shape index (κ2) is 7.09. The molecule has 0 radical (unpaired) electrons. The standard InChI is InChI=1S/C16H17ClN2O2/c1-12-4-3-5-13(10-12)21-9-8-19(2)16(20)14-6-7-18-11-15(14)17/h3-7,10-11H,8-9H2,1-2H3. The molecule has 1 aromatic carbocycles. The van der Waals surface area contributed by atoms with E-state index in [1.807, 2.05) is 31.2 Å². The highest BCUT2D eigenvalue weighted by Crippen LogP contribution is 2.15. The topological polar surface area (TPSA) is 42.4 Å². The van der Waals surface area contributed by atoms with Gasteiger partial charge in [0.05, 0.1) is 17.1 Å². The summed E-state index contributed by atoms with van der Waals surface area (Å²) in [5, 5.41) is 0.356. The number of aromatic nitrogens is 1. The second-order valence-corrected chi connectivity index (χ2v) is 5.15. The number of hydrogen-bond acceptors (Lipinski definition) is 3. The van der Waals surface area contributed by atoms with Crippen LogP contribution in [0.5, 0.6) is 5.75 Å². The molecule has 0 bridgehead atoms. The van der Waals surface area contributed by atoms with Gasteiger partial charge >= 0.3 is 0 Å². The summed E-state index contributed by atoms with van der Waals surface area (Å²) in [6, 6.07) is 9.42. The van der Waals surface area contributed by atoms with Gasteiger partial charge in [-0.1, -0.05) is 23.7 Å². The van der Waals surface area contributed by atoms with E-state index < -0.39 is 0 Å². The van der Waals surface area contributed by atoms with E-state index in [0.29, 0.717) is 23.7 Å². The molecule has 0 aliphatic rings. The Morgan fingerprint density at radius 1 is 1.38 bits per heavy atom. The fourth-order valence-electron chi connectivity index (χ4n) is 1.86. The predicted octanol–water partition coefficient (Wildman–Crippen LogP) is 3.19. The van der Waals surface area contributed by atoms with Crippen LogP contribution in [-0.2, 0) is 0 Å². The minimum absolute atomic E-state index is 0.143. The van der Waals surface area contributed by atoms with Gasteiger partial charge in [-0.2, -0.15) is 0 Å². The molecule has 2 aromatic rings. The Morgan fingerprint density at radius 2 is 2.19 bits per heavy atom. The number of pyridine rings is 1. The number of carbonyl (C=O) groups is 1. The number of benzene rings is 1. The minimum atomic E-state index is -0.143. The number of amides is 1. The number of halogens is 1. The van der Waals surface area contributed by atoms with Gasteiger partial charge in [-0.15, -0.1) is 0 Å². The molecular weight excluding hydrogens is 288 g/mol. The SMILES string of the molecule is Cc1cccc(OCCN(C)C(=O)c2ccncc2Cl)c1. The molecule has 21 heavy (non-hydrogen) atoms. The fraction of sp³-hybridized carbons (Fsp3) is 0.250. The van der Waals surface area contributed by atoms with Crippen molar-refractivity contribution in [1.29, 1.82) is 0 Å². The first-order chi connectivity index (χ1) is 10.1. The van der Waals surface area contributed by atoms with E-state index in [1.54, 1.807) is 24.2 Å². The minimum Gasteiger partial charge on any atom is -0.492 e. The van der Waals surface area contributed by atoms with Crippen LogP contribution in [0.3, 0.4) is 0 Å². The van der Waals surface area contributed by atoms with Crippen LogP contribution in [0, 0.1) is 6.92 Å². The van der Waals surface area contributed by atoms with Gasteiger partial charge in [0.1, 0.15) is 12.4 Å². The zero-order valence-electron chi connectivity index (χ0n) is 12.0. The third kappa shape index (κ3) is 4.20. The van der Waals surface area contributed by atoms with Crippen LogP contribution < -0.4 is 4.74 Å². The molecule has 0 N–H and O–H groups in total. The molecule has 0 aliphatic heterocycles. The maximum atomic E-state index is 12.2. The maximum Gasteiger partial charge on any atom is 0.255 e. The summed E-state index contributed by atoms with van der Waals surface area (Å²) in [4.78, 5) is 17.7. The highest BCUT2D eigenvalue weighted by atomic mass is 35.5. The van der Waals surface area contributed by atoms with Gasteiger partial charge in [0.15, 0.2) is 0 Å². The number of carbonyl (C=O) groups excluding carboxylic acids is 1. The lowest BCUT2D eigenvalue weighted by molar-refractivity contribution is 0.0774. The maximum absolute atomic E-state index is 12.2. The number of nitrogens with zero attached hydrogens (tertiary/aromatic N) is 2. The molecule has 1 amide bonds. The summed E-state index contributed by atoms with van der Waals surface area (Å²) in [6.07, 6.45) is 3.02. The van der Waals surface area contributed by atoms with Crippen LogP contribution in [0.2, 0.25) is 5.02 Å². The molecule has 4 nitrogen and oxygen atoms in total. The molecular formula is C16H17ClN2O2. The number of aryl methyl sites for hydroxylation is 1. The average molecular weight is 305 g/mol. The van der Waals surface area contributed by atoms with Gasteiger partial charge in [0.2, 0.25) is 0 Å². The Balaban J connectivity index is 1.89. The number of hydrogen-bond donors (Lipinski definition) is 0. The molecule has 1 heterocycles. The van der Waals surface area contributed by atoms with Gasteiger partial charge in [-0.05, 0) is 30.7 Å². The molecule has 1 aromatic heterocycles. The lowest BCUT2D eigenvalue weighted by atomic mass is 10.2.